The molecule has 0 saturated carbocycles. The minimum absolute atomic E-state index is 0.389. The second kappa shape index (κ2) is 6.66. The molecule has 6 nitrogen and oxygen atoms in total. The molecule has 3 rings (SSSR count). The van der Waals surface area contributed by atoms with Crippen molar-refractivity contribution in [1.29, 1.82) is 0 Å². The standard InChI is InChI=1S/C16H21ClN6/c1-10-8-16(21-11(2)18-10)23-6-4-13(5-7-23)22-15-9-14(17)19-12(3)20-15/h8-9,13H,4-7H2,1-3H3,(H,19,20,22). The summed E-state index contributed by atoms with van der Waals surface area (Å²) < 4.78 is 0. The van der Waals surface area contributed by atoms with Gasteiger partial charge in [-0.15, -0.1) is 0 Å². The van der Waals surface area contributed by atoms with E-state index in [1.165, 1.54) is 0 Å². The SMILES string of the molecule is Cc1cc(N2CCC(Nc3cc(Cl)nc(C)n3)CC2)nc(C)n1. The van der Waals surface area contributed by atoms with Crippen LogP contribution in [0.1, 0.15) is 30.2 Å². The lowest BCUT2D eigenvalue weighted by molar-refractivity contribution is 0.521. The van der Waals surface area contributed by atoms with Gasteiger partial charge in [0.05, 0.1) is 0 Å². The van der Waals surface area contributed by atoms with Gasteiger partial charge in [-0.2, -0.15) is 0 Å². The smallest absolute Gasteiger partial charge is 0.134 e. The monoisotopic (exact) mass is 332 g/mol. The Bertz CT molecular complexity index is 656. The number of hydrogen-bond acceptors (Lipinski definition) is 6. The molecule has 1 saturated heterocycles. The molecule has 1 fully saturated rings. The second-order valence-electron chi connectivity index (χ2n) is 5.94. The van der Waals surface area contributed by atoms with E-state index in [4.69, 9.17) is 11.6 Å². The summed E-state index contributed by atoms with van der Waals surface area (Å²) in [6, 6.07) is 4.22. The van der Waals surface area contributed by atoms with Crippen molar-refractivity contribution >= 4 is 23.2 Å². The summed E-state index contributed by atoms with van der Waals surface area (Å²) in [5, 5.41) is 3.94. The van der Waals surface area contributed by atoms with Crippen molar-refractivity contribution in [2.75, 3.05) is 23.3 Å². The van der Waals surface area contributed by atoms with Crippen LogP contribution in [0.25, 0.3) is 0 Å². The number of aryl methyl sites for hydroxylation is 3. The molecule has 7 heteroatoms. The summed E-state index contributed by atoms with van der Waals surface area (Å²) in [7, 11) is 0. The molecular formula is C16H21ClN6. The third kappa shape index (κ3) is 4.07. The molecule has 1 aliphatic rings. The molecular weight excluding hydrogens is 312 g/mol. The van der Waals surface area contributed by atoms with Gasteiger partial charge in [-0.05, 0) is 33.6 Å². The molecule has 2 aromatic rings. The molecule has 0 unspecified atom stereocenters. The van der Waals surface area contributed by atoms with Crippen LogP contribution in [-0.2, 0) is 0 Å². The predicted octanol–water partition coefficient (Wildman–Crippen LogP) is 2.93. The van der Waals surface area contributed by atoms with Gasteiger partial charge in [0.1, 0.15) is 28.4 Å². The van der Waals surface area contributed by atoms with Crippen molar-refractivity contribution in [3.63, 3.8) is 0 Å². The maximum Gasteiger partial charge on any atom is 0.134 e. The zero-order valence-corrected chi connectivity index (χ0v) is 14.4. The summed E-state index contributed by atoms with van der Waals surface area (Å²) in [6.07, 6.45) is 2.06. The fourth-order valence-electron chi connectivity index (χ4n) is 2.93. The zero-order valence-electron chi connectivity index (χ0n) is 13.7. The summed E-state index contributed by atoms with van der Waals surface area (Å²) >= 11 is 5.99. The molecule has 1 aliphatic heterocycles. The molecule has 23 heavy (non-hydrogen) atoms. The highest BCUT2D eigenvalue weighted by Crippen LogP contribution is 2.21. The Labute approximate surface area is 141 Å². The van der Waals surface area contributed by atoms with E-state index in [2.05, 4.69) is 30.2 Å². The first-order valence-electron chi connectivity index (χ1n) is 7.84. The van der Waals surface area contributed by atoms with Crippen LogP contribution in [0.4, 0.5) is 11.6 Å². The topological polar surface area (TPSA) is 66.8 Å². The van der Waals surface area contributed by atoms with Crippen LogP contribution >= 0.6 is 11.6 Å². The normalized spacial score (nSPS) is 15.7. The summed E-state index contributed by atoms with van der Waals surface area (Å²) in [5.41, 5.74) is 1.01. The third-order valence-electron chi connectivity index (χ3n) is 3.93. The lowest BCUT2D eigenvalue weighted by atomic mass is 10.1. The first-order valence-corrected chi connectivity index (χ1v) is 8.22. The van der Waals surface area contributed by atoms with Crippen LogP contribution in [-0.4, -0.2) is 39.1 Å². The molecule has 0 amide bonds. The third-order valence-corrected chi connectivity index (χ3v) is 4.12. The van der Waals surface area contributed by atoms with E-state index >= 15 is 0 Å². The number of nitrogens with zero attached hydrogens (tertiary/aromatic N) is 5. The molecule has 3 heterocycles. The quantitative estimate of drug-likeness (QED) is 0.872. The Kier molecular flexibility index (Phi) is 4.61. The Morgan fingerprint density at radius 1 is 1.00 bits per heavy atom. The average Bonchev–Trinajstić information content (AvgIpc) is 2.46. The van der Waals surface area contributed by atoms with Crippen molar-refractivity contribution in [3.05, 3.63) is 34.6 Å². The van der Waals surface area contributed by atoms with E-state index in [0.717, 1.165) is 49.1 Å². The van der Waals surface area contributed by atoms with Gasteiger partial charge in [0.15, 0.2) is 0 Å². The van der Waals surface area contributed by atoms with E-state index in [0.29, 0.717) is 17.0 Å². The molecule has 0 aromatic carbocycles. The van der Waals surface area contributed by atoms with E-state index < -0.39 is 0 Å². The molecule has 0 atom stereocenters. The second-order valence-corrected chi connectivity index (χ2v) is 6.33. The molecule has 0 spiro atoms. The van der Waals surface area contributed by atoms with Crippen LogP contribution in [0.2, 0.25) is 5.15 Å². The molecule has 122 valence electrons. The maximum absolute atomic E-state index is 5.99. The Morgan fingerprint density at radius 3 is 2.35 bits per heavy atom. The van der Waals surface area contributed by atoms with Crippen LogP contribution in [0.5, 0.6) is 0 Å². The Balaban J connectivity index is 1.62. The van der Waals surface area contributed by atoms with Gasteiger partial charge in [0.25, 0.3) is 0 Å². The van der Waals surface area contributed by atoms with Crippen LogP contribution in [0, 0.1) is 20.8 Å². The highest BCUT2D eigenvalue weighted by Gasteiger charge is 2.21. The van der Waals surface area contributed by atoms with Gasteiger partial charge in [0.2, 0.25) is 0 Å². The van der Waals surface area contributed by atoms with Crippen molar-refractivity contribution in [1.82, 2.24) is 19.9 Å². The van der Waals surface area contributed by atoms with Gasteiger partial charge in [-0.3, -0.25) is 0 Å². The van der Waals surface area contributed by atoms with Crippen LogP contribution < -0.4 is 10.2 Å². The van der Waals surface area contributed by atoms with E-state index in [-0.39, 0.29) is 0 Å². The molecule has 0 radical (unpaired) electrons. The van der Waals surface area contributed by atoms with E-state index in [1.54, 1.807) is 6.07 Å². The fourth-order valence-corrected chi connectivity index (χ4v) is 3.15. The number of nitrogens with one attached hydrogen (secondary N) is 1. The van der Waals surface area contributed by atoms with Gasteiger partial charge in [0, 0.05) is 37.0 Å². The number of anilines is 2. The molecule has 1 N–H and O–H groups in total. The molecule has 2 aromatic heterocycles. The zero-order chi connectivity index (χ0) is 16.4. The minimum atomic E-state index is 0.389. The highest BCUT2D eigenvalue weighted by atomic mass is 35.5. The number of aromatic nitrogens is 4. The van der Waals surface area contributed by atoms with Gasteiger partial charge >= 0.3 is 0 Å². The molecule has 0 aliphatic carbocycles. The average molecular weight is 333 g/mol. The maximum atomic E-state index is 5.99. The number of piperidine rings is 1. The summed E-state index contributed by atoms with van der Waals surface area (Å²) in [6.45, 7) is 7.72. The van der Waals surface area contributed by atoms with Crippen molar-refractivity contribution in [2.45, 2.75) is 39.7 Å². The minimum Gasteiger partial charge on any atom is -0.367 e. The van der Waals surface area contributed by atoms with Crippen LogP contribution in [0.3, 0.4) is 0 Å². The summed E-state index contributed by atoms with van der Waals surface area (Å²) in [4.78, 5) is 19.7. The number of hydrogen-bond donors (Lipinski definition) is 1. The number of rotatable bonds is 3. The first-order chi connectivity index (χ1) is 11.0. The van der Waals surface area contributed by atoms with Gasteiger partial charge < -0.3 is 10.2 Å². The van der Waals surface area contributed by atoms with E-state index in [1.807, 2.05) is 26.8 Å². The van der Waals surface area contributed by atoms with Gasteiger partial charge in [-0.1, -0.05) is 11.6 Å². The highest BCUT2D eigenvalue weighted by molar-refractivity contribution is 6.29. The van der Waals surface area contributed by atoms with Crippen LogP contribution in [0.15, 0.2) is 12.1 Å². The summed E-state index contributed by atoms with van der Waals surface area (Å²) in [5.74, 6) is 3.33. The van der Waals surface area contributed by atoms with Crippen molar-refractivity contribution in [2.24, 2.45) is 0 Å². The van der Waals surface area contributed by atoms with Crippen molar-refractivity contribution < 1.29 is 0 Å². The Morgan fingerprint density at radius 2 is 1.70 bits per heavy atom. The fraction of sp³-hybridized carbons (Fsp3) is 0.500. The lowest BCUT2D eigenvalue weighted by Gasteiger charge is -2.33. The number of halogens is 1. The largest absolute Gasteiger partial charge is 0.367 e. The predicted molar refractivity (Wildman–Crippen MR) is 92.1 cm³/mol. The lowest BCUT2D eigenvalue weighted by Crippen LogP contribution is -2.39. The Hall–Kier alpha value is -1.95. The molecule has 0 bridgehead atoms. The first kappa shape index (κ1) is 15.9. The van der Waals surface area contributed by atoms with E-state index in [9.17, 15) is 0 Å². The van der Waals surface area contributed by atoms with Crippen molar-refractivity contribution in [3.8, 4) is 0 Å². The van der Waals surface area contributed by atoms with Gasteiger partial charge in [-0.25, -0.2) is 19.9 Å².